The van der Waals surface area contributed by atoms with Crippen molar-refractivity contribution in [3.8, 4) is 0 Å². The van der Waals surface area contributed by atoms with Crippen molar-refractivity contribution in [3.63, 3.8) is 0 Å². The van der Waals surface area contributed by atoms with Gasteiger partial charge in [-0.05, 0) is 30.7 Å². The second-order valence-corrected chi connectivity index (χ2v) is 9.27. The largest absolute Gasteiger partial charge is 0.308 e. The first-order valence-corrected chi connectivity index (χ1v) is 10.8. The summed E-state index contributed by atoms with van der Waals surface area (Å²) in [5.41, 5.74) is 0.611. The average Bonchev–Trinajstić information content (AvgIpc) is 2.95. The molecule has 0 saturated carbocycles. The molecule has 0 spiro atoms. The lowest BCUT2D eigenvalue weighted by Crippen LogP contribution is -2.42. The molecule has 1 aliphatic rings. The number of anilines is 1. The number of hydrogen-bond acceptors (Lipinski definition) is 4. The number of sulfone groups is 1. The summed E-state index contributed by atoms with van der Waals surface area (Å²) < 4.78 is 50.4. The van der Waals surface area contributed by atoms with E-state index in [4.69, 9.17) is 0 Å². The first-order valence-electron chi connectivity index (χ1n) is 8.01. The molecule has 2 aromatic rings. The highest BCUT2D eigenvalue weighted by Crippen LogP contribution is 2.28. The van der Waals surface area contributed by atoms with Crippen LogP contribution in [-0.4, -0.2) is 37.6 Å². The molecule has 0 unspecified atom stereocenters. The summed E-state index contributed by atoms with van der Waals surface area (Å²) in [5.74, 6) is -1.82. The predicted molar refractivity (Wildman–Crippen MR) is 98.1 cm³/mol. The van der Waals surface area contributed by atoms with Gasteiger partial charge in [0.15, 0.2) is 9.84 Å². The monoisotopic (exact) mass is 397 g/mol. The summed E-state index contributed by atoms with van der Waals surface area (Å²) in [4.78, 5) is 14.5. The van der Waals surface area contributed by atoms with Gasteiger partial charge < -0.3 is 4.90 Å². The highest BCUT2D eigenvalue weighted by atomic mass is 32.2. The standard InChI is InChI=1S/C18H17F2NO3S2/c19-13-6-7-17(16(20)10-13)25-11-18(22)21(14-4-2-1-3-5-14)15-8-9-26(23,24)12-15/h1-7,10,15H,8-9,11-12H2/t15-/m1/s1. The van der Waals surface area contributed by atoms with Crippen LogP contribution in [0, 0.1) is 11.6 Å². The van der Waals surface area contributed by atoms with Gasteiger partial charge in [-0.15, -0.1) is 11.8 Å². The molecule has 2 aromatic carbocycles. The van der Waals surface area contributed by atoms with Crippen LogP contribution in [0.3, 0.4) is 0 Å². The first kappa shape index (κ1) is 18.8. The van der Waals surface area contributed by atoms with Crippen molar-refractivity contribution >= 4 is 33.2 Å². The summed E-state index contributed by atoms with van der Waals surface area (Å²) in [5, 5.41) is 0. The maximum atomic E-state index is 13.8. The van der Waals surface area contributed by atoms with Gasteiger partial charge in [-0.1, -0.05) is 18.2 Å². The van der Waals surface area contributed by atoms with Gasteiger partial charge in [-0.3, -0.25) is 4.79 Å². The lowest BCUT2D eigenvalue weighted by Gasteiger charge is -2.28. The molecule has 26 heavy (non-hydrogen) atoms. The Morgan fingerprint density at radius 1 is 1.15 bits per heavy atom. The fourth-order valence-corrected chi connectivity index (χ4v) is 5.41. The zero-order chi connectivity index (χ0) is 18.7. The second kappa shape index (κ2) is 7.75. The van der Waals surface area contributed by atoms with Crippen LogP contribution in [0.1, 0.15) is 6.42 Å². The van der Waals surface area contributed by atoms with E-state index in [2.05, 4.69) is 0 Å². The van der Waals surface area contributed by atoms with Crippen LogP contribution in [0.4, 0.5) is 14.5 Å². The van der Waals surface area contributed by atoms with E-state index in [-0.39, 0.29) is 28.1 Å². The summed E-state index contributed by atoms with van der Waals surface area (Å²) in [6, 6.07) is 11.6. The smallest absolute Gasteiger partial charge is 0.237 e. The molecule has 8 heteroatoms. The highest BCUT2D eigenvalue weighted by molar-refractivity contribution is 8.00. The minimum absolute atomic E-state index is 0.0496. The van der Waals surface area contributed by atoms with E-state index in [9.17, 15) is 22.0 Å². The van der Waals surface area contributed by atoms with E-state index in [0.717, 1.165) is 23.9 Å². The highest BCUT2D eigenvalue weighted by Gasteiger charge is 2.35. The summed E-state index contributed by atoms with van der Waals surface area (Å²) >= 11 is 0.963. The summed E-state index contributed by atoms with van der Waals surface area (Å²) in [6.45, 7) is 0. The molecule has 0 bridgehead atoms. The van der Waals surface area contributed by atoms with Crippen molar-refractivity contribution in [2.75, 3.05) is 22.2 Å². The van der Waals surface area contributed by atoms with Crippen molar-refractivity contribution in [3.05, 3.63) is 60.2 Å². The van der Waals surface area contributed by atoms with Crippen LogP contribution in [0.25, 0.3) is 0 Å². The molecule has 0 aromatic heterocycles. The molecule has 1 aliphatic heterocycles. The number of halogens is 2. The van der Waals surface area contributed by atoms with E-state index in [1.165, 1.54) is 11.0 Å². The van der Waals surface area contributed by atoms with Gasteiger partial charge in [-0.2, -0.15) is 0 Å². The third-order valence-corrected chi connectivity index (χ3v) is 6.91. The fraction of sp³-hybridized carbons (Fsp3) is 0.278. The number of thioether (sulfide) groups is 1. The Morgan fingerprint density at radius 3 is 2.50 bits per heavy atom. The van der Waals surface area contributed by atoms with Crippen LogP contribution in [-0.2, 0) is 14.6 Å². The van der Waals surface area contributed by atoms with Crippen LogP contribution >= 0.6 is 11.8 Å². The molecule has 0 N–H and O–H groups in total. The topological polar surface area (TPSA) is 54.5 Å². The third-order valence-electron chi connectivity index (χ3n) is 4.12. The Bertz CT molecular complexity index is 904. The predicted octanol–water partition coefficient (Wildman–Crippen LogP) is 3.28. The van der Waals surface area contributed by atoms with Gasteiger partial charge in [0.1, 0.15) is 11.6 Å². The van der Waals surface area contributed by atoms with Crippen molar-refractivity contribution in [1.29, 1.82) is 0 Å². The molecule has 1 fully saturated rings. The molecule has 1 atom stereocenters. The van der Waals surface area contributed by atoms with Gasteiger partial charge in [0, 0.05) is 16.6 Å². The van der Waals surface area contributed by atoms with Gasteiger partial charge in [0.25, 0.3) is 0 Å². The Morgan fingerprint density at radius 2 is 1.88 bits per heavy atom. The van der Waals surface area contributed by atoms with Crippen molar-refractivity contribution in [2.24, 2.45) is 0 Å². The van der Waals surface area contributed by atoms with Gasteiger partial charge in [0.05, 0.1) is 23.3 Å². The zero-order valence-electron chi connectivity index (χ0n) is 13.8. The normalized spacial score (nSPS) is 18.6. The van der Waals surface area contributed by atoms with Crippen molar-refractivity contribution < 1.29 is 22.0 Å². The molecule has 138 valence electrons. The molecule has 1 heterocycles. The SMILES string of the molecule is O=C(CSc1ccc(F)cc1F)N(c1ccccc1)[C@@H]1CCS(=O)(=O)C1. The second-order valence-electron chi connectivity index (χ2n) is 6.02. The lowest BCUT2D eigenvalue weighted by atomic mass is 10.2. The Hall–Kier alpha value is -1.93. The number of para-hydroxylation sites is 1. The molecule has 1 saturated heterocycles. The molecule has 3 rings (SSSR count). The number of amides is 1. The zero-order valence-corrected chi connectivity index (χ0v) is 15.4. The minimum Gasteiger partial charge on any atom is -0.308 e. The van der Waals surface area contributed by atoms with E-state index in [0.29, 0.717) is 12.1 Å². The van der Waals surface area contributed by atoms with E-state index < -0.39 is 27.5 Å². The number of nitrogens with zero attached hydrogens (tertiary/aromatic N) is 1. The molecular weight excluding hydrogens is 380 g/mol. The van der Waals surface area contributed by atoms with Crippen LogP contribution in [0.2, 0.25) is 0 Å². The average molecular weight is 397 g/mol. The van der Waals surface area contributed by atoms with Gasteiger partial charge in [0.2, 0.25) is 5.91 Å². The summed E-state index contributed by atoms with van der Waals surface area (Å²) in [7, 11) is -3.16. The van der Waals surface area contributed by atoms with Gasteiger partial charge in [-0.25, -0.2) is 17.2 Å². The summed E-state index contributed by atoms with van der Waals surface area (Å²) in [6.07, 6.45) is 0.374. The fourth-order valence-electron chi connectivity index (χ4n) is 2.93. The molecule has 4 nitrogen and oxygen atoms in total. The number of carbonyl (C=O) groups is 1. The molecular formula is C18H17F2NO3S2. The van der Waals surface area contributed by atoms with Crippen molar-refractivity contribution in [1.82, 2.24) is 0 Å². The molecule has 0 aliphatic carbocycles. The van der Waals surface area contributed by atoms with Crippen LogP contribution in [0.15, 0.2) is 53.4 Å². The van der Waals surface area contributed by atoms with E-state index in [1.807, 2.05) is 0 Å². The minimum atomic E-state index is -3.16. The van der Waals surface area contributed by atoms with E-state index >= 15 is 0 Å². The molecule has 0 radical (unpaired) electrons. The third kappa shape index (κ3) is 4.42. The quantitative estimate of drug-likeness (QED) is 0.727. The van der Waals surface area contributed by atoms with Crippen LogP contribution < -0.4 is 4.90 Å². The van der Waals surface area contributed by atoms with E-state index in [1.54, 1.807) is 30.3 Å². The first-order chi connectivity index (χ1) is 12.4. The Labute approximate surface area is 155 Å². The van der Waals surface area contributed by atoms with Crippen molar-refractivity contribution in [2.45, 2.75) is 17.4 Å². The maximum Gasteiger partial charge on any atom is 0.237 e. The number of benzene rings is 2. The lowest BCUT2D eigenvalue weighted by molar-refractivity contribution is -0.116. The maximum absolute atomic E-state index is 13.8. The van der Waals surface area contributed by atoms with Crippen LogP contribution in [0.5, 0.6) is 0 Å². The number of carbonyl (C=O) groups excluding carboxylic acids is 1. The Balaban J connectivity index is 1.79. The number of rotatable bonds is 5. The van der Waals surface area contributed by atoms with Gasteiger partial charge >= 0.3 is 0 Å². The Kier molecular flexibility index (Phi) is 5.62. The molecule has 1 amide bonds. The number of hydrogen-bond donors (Lipinski definition) is 0.